The van der Waals surface area contributed by atoms with E-state index in [-0.39, 0.29) is 35.6 Å². The fourth-order valence-corrected chi connectivity index (χ4v) is 2.25. The molecule has 0 spiro atoms. The first-order valence-corrected chi connectivity index (χ1v) is 7.97. The molecule has 0 fully saturated rings. The molecule has 0 radical (unpaired) electrons. The Morgan fingerprint density at radius 3 is 2.56 bits per heavy atom. The number of nitrogen functional groups attached to an aromatic ring is 2. The number of nitrogens with two attached hydrogens (primary N) is 2. The van der Waals surface area contributed by atoms with Crippen LogP contribution in [-0.4, -0.2) is 20.9 Å². The van der Waals surface area contributed by atoms with Gasteiger partial charge in [-0.25, -0.2) is 9.18 Å². The molecule has 3 aromatic rings. The summed E-state index contributed by atoms with van der Waals surface area (Å²) in [7, 11) is 0. The number of anilines is 4. The van der Waals surface area contributed by atoms with E-state index in [2.05, 4.69) is 20.3 Å². The molecule has 9 heteroatoms. The molecule has 138 valence electrons. The van der Waals surface area contributed by atoms with Crippen LogP contribution in [0.4, 0.5) is 27.7 Å². The van der Waals surface area contributed by atoms with Gasteiger partial charge in [-0.15, -0.1) is 0 Å². The SMILES string of the molecule is Cc1ccc(Nc2nc(N)nc(COC(=O)c3ccc(F)cc3N)n2)cc1. The van der Waals surface area contributed by atoms with Gasteiger partial charge in [-0.3, -0.25) is 0 Å². The zero-order chi connectivity index (χ0) is 19.4. The zero-order valence-electron chi connectivity index (χ0n) is 14.4. The second kappa shape index (κ2) is 7.65. The van der Waals surface area contributed by atoms with Crippen molar-refractivity contribution in [1.82, 2.24) is 15.0 Å². The second-order valence-corrected chi connectivity index (χ2v) is 5.73. The lowest BCUT2D eigenvalue weighted by Gasteiger charge is -2.09. The summed E-state index contributed by atoms with van der Waals surface area (Å²) in [5.74, 6) is -0.905. The number of aromatic nitrogens is 3. The molecule has 0 saturated heterocycles. The van der Waals surface area contributed by atoms with E-state index in [1.54, 1.807) is 0 Å². The third kappa shape index (κ3) is 4.66. The lowest BCUT2D eigenvalue weighted by atomic mass is 10.2. The van der Waals surface area contributed by atoms with Gasteiger partial charge in [0.1, 0.15) is 5.82 Å². The number of esters is 1. The molecule has 0 atom stereocenters. The minimum absolute atomic E-state index is 0.0168. The summed E-state index contributed by atoms with van der Waals surface area (Å²) in [5, 5.41) is 3.00. The van der Waals surface area contributed by atoms with Crippen LogP contribution in [0.25, 0.3) is 0 Å². The number of nitrogens with one attached hydrogen (secondary N) is 1. The highest BCUT2D eigenvalue weighted by atomic mass is 19.1. The number of hydrogen-bond acceptors (Lipinski definition) is 8. The number of halogens is 1. The summed E-state index contributed by atoms with van der Waals surface area (Å²) in [6.07, 6.45) is 0. The van der Waals surface area contributed by atoms with Gasteiger partial charge in [-0.1, -0.05) is 17.7 Å². The Labute approximate surface area is 154 Å². The van der Waals surface area contributed by atoms with Crippen LogP contribution < -0.4 is 16.8 Å². The first kappa shape index (κ1) is 18.1. The van der Waals surface area contributed by atoms with Crippen LogP contribution >= 0.6 is 0 Å². The fraction of sp³-hybridized carbons (Fsp3) is 0.111. The molecule has 8 nitrogen and oxygen atoms in total. The average molecular weight is 368 g/mol. The van der Waals surface area contributed by atoms with E-state index in [4.69, 9.17) is 16.2 Å². The topological polar surface area (TPSA) is 129 Å². The zero-order valence-corrected chi connectivity index (χ0v) is 14.4. The number of nitrogens with zero attached hydrogens (tertiary/aromatic N) is 3. The predicted molar refractivity (Wildman–Crippen MR) is 98.6 cm³/mol. The van der Waals surface area contributed by atoms with Crippen LogP contribution in [0.1, 0.15) is 21.7 Å². The van der Waals surface area contributed by atoms with Crippen molar-refractivity contribution in [2.45, 2.75) is 13.5 Å². The quantitative estimate of drug-likeness (QED) is 0.463. The van der Waals surface area contributed by atoms with Gasteiger partial charge in [-0.2, -0.15) is 15.0 Å². The maximum Gasteiger partial charge on any atom is 0.340 e. The van der Waals surface area contributed by atoms with Crippen molar-refractivity contribution in [3.8, 4) is 0 Å². The number of hydrogen-bond donors (Lipinski definition) is 3. The molecule has 0 aliphatic carbocycles. The standard InChI is InChI=1S/C18H17FN6O2/c1-10-2-5-12(6-3-10)22-18-24-15(23-17(21)25-18)9-27-16(26)13-7-4-11(19)8-14(13)20/h2-8H,9,20H2,1H3,(H3,21,22,23,24,25). The van der Waals surface area contributed by atoms with Crippen LogP contribution in [0.15, 0.2) is 42.5 Å². The summed E-state index contributed by atoms with van der Waals surface area (Å²) in [6, 6.07) is 11.0. The summed E-state index contributed by atoms with van der Waals surface area (Å²) in [6.45, 7) is 1.73. The highest BCUT2D eigenvalue weighted by Crippen LogP contribution is 2.17. The van der Waals surface area contributed by atoms with Crippen molar-refractivity contribution in [3.05, 3.63) is 65.2 Å². The first-order valence-electron chi connectivity index (χ1n) is 7.97. The molecule has 0 saturated carbocycles. The highest BCUT2D eigenvalue weighted by Gasteiger charge is 2.14. The van der Waals surface area contributed by atoms with Gasteiger partial charge in [0.05, 0.1) is 5.56 Å². The molecule has 1 heterocycles. The summed E-state index contributed by atoms with van der Waals surface area (Å²) < 4.78 is 18.2. The van der Waals surface area contributed by atoms with Crippen LogP contribution in [0, 0.1) is 12.7 Å². The third-order valence-corrected chi connectivity index (χ3v) is 3.57. The van der Waals surface area contributed by atoms with Crippen LogP contribution in [0.3, 0.4) is 0 Å². The molecule has 0 aliphatic rings. The predicted octanol–water partition coefficient (Wildman–Crippen LogP) is 2.58. The van der Waals surface area contributed by atoms with E-state index in [1.165, 1.54) is 6.07 Å². The lowest BCUT2D eigenvalue weighted by Crippen LogP contribution is -2.12. The van der Waals surface area contributed by atoms with E-state index in [0.29, 0.717) is 0 Å². The monoisotopic (exact) mass is 368 g/mol. The Kier molecular flexibility index (Phi) is 5.11. The number of carbonyl (C=O) groups excluding carboxylic acids is 1. The Hall–Kier alpha value is -3.75. The van der Waals surface area contributed by atoms with Gasteiger partial charge >= 0.3 is 5.97 Å². The number of ether oxygens (including phenoxy) is 1. The molecule has 27 heavy (non-hydrogen) atoms. The number of aryl methyl sites for hydroxylation is 1. The number of carbonyl (C=O) groups is 1. The second-order valence-electron chi connectivity index (χ2n) is 5.73. The highest BCUT2D eigenvalue weighted by molar-refractivity contribution is 5.94. The van der Waals surface area contributed by atoms with Gasteiger partial charge in [-0.05, 0) is 37.3 Å². The van der Waals surface area contributed by atoms with E-state index < -0.39 is 11.8 Å². The van der Waals surface area contributed by atoms with Crippen LogP contribution in [-0.2, 0) is 11.3 Å². The van der Waals surface area contributed by atoms with Gasteiger partial charge in [0.2, 0.25) is 11.9 Å². The molecule has 5 N–H and O–H groups in total. The molecular formula is C18H17FN6O2. The van der Waals surface area contributed by atoms with Crippen molar-refractivity contribution in [1.29, 1.82) is 0 Å². The normalized spacial score (nSPS) is 10.4. The van der Waals surface area contributed by atoms with Crippen molar-refractivity contribution in [2.24, 2.45) is 0 Å². The largest absolute Gasteiger partial charge is 0.454 e. The van der Waals surface area contributed by atoms with E-state index in [9.17, 15) is 9.18 Å². The molecule has 3 rings (SSSR count). The molecule has 0 amide bonds. The Morgan fingerprint density at radius 2 is 1.85 bits per heavy atom. The molecule has 0 bridgehead atoms. The van der Waals surface area contributed by atoms with Crippen LogP contribution in [0.2, 0.25) is 0 Å². The summed E-state index contributed by atoms with van der Waals surface area (Å²) >= 11 is 0. The van der Waals surface area contributed by atoms with Crippen molar-refractivity contribution >= 4 is 29.2 Å². The lowest BCUT2D eigenvalue weighted by molar-refractivity contribution is 0.0463. The summed E-state index contributed by atoms with van der Waals surface area (Å²) in [5.41, 5.74) is 13.2. The van der Waals surface area contributed by atoms with Gasteiger partial charge in [0.25, 0.3) is 0 Å². The van der Waals surface area contributed by atoms with Gasteiger partial charge in [0, 0.05) is 11.4 Å². The summed E-state index contributed by atoms with van der Waals surface area (Å²) in [4.78, 5) is 24.2. The maximum absolute atomic E-state index is 13.1. The molecule has 2 aromatic carbocycles. The maximum atomic E-state index is 13.1. The van der Waals surface area contributed by atoms with E-state index in [1.807, 2.05) is 31.2 Å². The fourth-order valence-electron chi connectivity index (χ4n) is 2.25. The Balaban J connectivity index is 1.70. The third-order valence-electron chi connectivity index (χ3n) is 3.57. The van der Waals surface area contributed by atoms with Crippen molar-refractivity contribution in [2.75, 3.05) is 16.8 Å². The van der Waals surface area contributed by atoms with Crippen molar-refractivity contribution in [3.63, 3.8) is 0 Å². The van der Waals surface area contributed by atoms with Crippen LogP contribution in [0.5, 0.6) is 0 Å². The average Bonchev–Trinajstić information content (AvgIpc) is 2.61. The first-order chi connectivity index (χ1) is 12.9. The van der Waals surface area contributed by atoms with Crippen molar-refractivity contribution < 1.29 is 13.9 Å². The molecule has 0 aliphatic heterocycles. The van der Waals surface area contributed by atoms with Gasteiger partial charge < -0.3 is 21.5 Å². The van der Waals surface area contributed by atoms with Gasteiger partial charge in [0.15, 0.2) is 12.4 Å². The van der Waals surface area contributed by atoms with E-state index >= 15 is 0 Å². The number of benzene rings is 2. The Morgan fingerprint density at radius 1 is 1.11 bits per heavy atom. The Bertz CT molecular complexity index is 978. The van der Waals surface area contributed by atoms with E-state index in [0.717, 1.165) is 23.4 Å². The smallest absolute Gasteiger partial charge is 0.340 e. The minimum atomic E-state index is -0.723. The molecular weight excluding hydrogens is 351 g/mol. The minimum Gasteiger partial charge on any atom is -0.454 e. The molecule has 1 aromatic heterocycles. The number of rotatable bonds is 5. The molecule has 0 unspecified atom stereocenters.